The van der Waals surface area contributed by atoms with Gasteiger partial charge < -0.3 is 56.2 Å². The van der Waals surface area contributed by atoms with Crippen molar-refractivity contribution in [3.8, 4) is 0 Å². The first-order chi connectivity index (χ1) is 46.0. The fraction of sp³-hybridized carbons (Fsp3) is 0.714. The first-order valence-corrected chi connectivity index (χ1v) is 37.2. The van der Waals surface area contributed by atoms with Gasteiger partial charge in [0.05, 0.1) is 37.8 Å². The summed E-state index contributed by atoms with van der Waals surface area (Å²) < 4.78 is 76.8. The maximum Gasteiger partial charge on any atom is 0.422 e. The number of ether oxygens (including phenoxy) is 1. The number of hydrogen-bond donors (Lipinski definition) is 6. The Bertz CT molecular complexity index is 2900. The highest BCUT2D eigenvalue weighted by molar-refractivity contribution is 5.82. The van der Waals surface area contributed by atoms with Gasteiger partial charge in [-0.15, -0.1) is 0 Å². The molecule has 2 bridgehead atoms. The van der Waals surface area contributed by atoms with Gasteiger partial charge in [0.15, 0.2) is 0 Å². The van der Waals surface area contributed by atoms with Crippen molar-refractivity contribution in [3.05, 3.63) is 118 Å². The van der Waals surface area contributed by atoms with Crippen molar-refractivity contribution in [1.29, 1.82) is 0 Å². The first-order valence-electron chi connectivity index (χ1n) is 37.2. The van der Waals surface area contributed by atoms with Crippen LogP contribution in [0.25, 0.3) is 0 Å². The summed E-state index contributed by atoms with van der Waals surface area (Å²) in [5.41, 5.74) is 3.70. The van der Waals surface area contributed by atoms with Gasteiger partial charge in [-0.3, -0.25) is 14.7 Å². The smallest absolute Gasteiger partial charge is 0.377 e. The molecule has 14 nitrogen and oxygen atoms in total. The van der Waals surface area contributed by atoms with E-state index >= 15 is 4.79 Å². The number of morpholine rings is 1. The number of carbonyl (C=O) groups excluding carboxylic acids is 1. The number of hydrogen-bond acceptors (Lipinski definition) is 13. The molecule has 1 amide bonds. The summed E-state index contributed by atoms with van der Waals surface area (Å²) in [5, 5.41) is 23.8. The molecule has 5 aliphatic heterocycles. The monoisotopic (exact) mass is 1340 g/mol. The number of rotatable bonds is 12. The highest BCUT2D eigenvalue weighted by atomic mass is 19.4. The van der Waals surface area contributed by atoms with Gasteiger partial charge in [0.2, 0.25) is 5.91 Å². The summed E-state index contributed by atoms with van der Waals surface area (Å²) in [4.78, 5) is 32.2. The van der Waals surface area contributed by atoms with E-state index in [1.807, 2.05) is 30.4 Å². The van der Waals surface area contributed by atoms with Gasteiger partial charge in [-0.2, -0.15) is 13.2 Å². The highest BCUT2D eigenvalue weighted by Crippen LogP contribution is 2.46. The lowest BCUT2D eigenvalue weighted by Gasteiger charge is -2.60. The van der Waals surface area contributed by atoms with Crippen molar-refractivity contribution >= 4 is 12.1 Å². The Balaban J connectivity index is 1.03. The molecule has 2 saturated carbocycles. The first kappa shape index (κ1) is 75.3. The van der Waals surface area contributed by atoms with E-state index in [0.717, 1.165) is 115 Å². The lowest BCUT2D eigenvalue weighted by molar-refractivity contribution is -0.170. The van der Waals surface area contributed by atoms with Crippen LogP contribution in [-0.2, 0) is 28.5 Å². The molecule has 19 heteroatoms. The van der Waals surface area contributed by atoms with Crippen LogP contribution >= 0.6 is 0 Å². The van der Waals surface area contributed by atoms with E-state index in [1.165, 1.54) is 42.5 Å². The Kier molecular flexibility index (Phi) is 27.4. The lowest BCUT2D eigenvalue weighted by atomic mass is 9.74. The molecule has 6 fully saturated rings. The third-order valence-electron chi connectivity index (χ3n) is 22.9. The number of benzene rings is 2. The van der Waals surface area contributed by atoms with Gasteiger partial charge in [0, 0.05) is 167 Å². The van der Waals surface area contributed by atoms with Gasteiger partial charge in [-0.1, -0.05) is 89.6 Å². The van der Waals surface area contributed by atoms with Crippen LogP contribution in [0.3, 0.4) is 0 Å². The second-order valence-electron chi connectivity index (χ2n) is 30.5. The normalized spacial score (nSPS) is 30.5. The molecule has 0 aromatic heterocycles. The number of likely N-dealkylation sites (N-methyl/N-ethyl adjacent to an activating group) is 1. The zero-order valence-corrected chi connectivity index (χ0v) is 60.4. The fourth-order valence-corrected chi connectivity index (χ4v) is 17.3. The van der Waals surface area contributed by atoms with Gasteiger partial charge in [-0.25, -0.2) is 8.78 Å². The highest BCUT2D eigenvalue weighted by Gasteiger charge is 2.58. The van der Waals surface area contributed by atoms with E-state index in [-0.39, 0.29) is 90.3 Å². The Labute approximate surface area is 574 Å². The number of fused-ring (bicyclic) bond motifs is 4. The van der Waals surface area contributed by atoms with Crippen LogP contribution in [-0.4, -0.2) is 175 Å². The maximum atomic E-state index is 15.2. The second-order valence-corrected chi connectivity index (χ2v) is 30.5. The number of allylic oxidation sites excluding steroid dienone is 4. The van der Waals surface area contributed by atoms with Crippen molar-refractivity contribution in [1.82, 2.24) is 56.4 Å². The van der Waals surface area contributed by atoms with Crippen LogP contribution in [0, 0.1) is 48.1 Å². The van der Waals surface area contributed by atoms with Crippen molar-refractivity contribution < 1.29 is 31.5 Å². The van der Waals surface area contributed by atoms with Crippen molar-refractivity contribution in [2.75, 3.05) is 72.6 Å². The molecule has 2 aromatic carbocycles. The molecule has 13 atom stereocenters. The molecule has 4 saturated heterocycles. The summed E-state index contributed by atoms with van der Waals surface area (Å²) >= 11 is 0. The minimum absolute atomic E-state index is 0.0602. The van der Waals surface area contributed by atoms with Crippen LogP contribution in [0.15, 0.2) is 89.4 Å². The van der Waals surface area contributed by atoms with E-state index in [0.29, 0.717) is 68.0 Å². The average Bonchev–Trinajstić information content (AvgIpc) is 1.12. The SMILES string of the molecule is CC[C@H](C)[C@H]1CNCC(C)NCC2[C@@H](C(=O)N3C4CCC3COC4)C(C)N2[C@@H](C2CCCC2)C(C)NC2(CCCC2)CNCCN=CC=C(CCc2cc(F)c(C(F)(F)F)c(F)c2)NC=CN(C)C=C(Cc2ccc(C)cc2)N(CC)C=C2C(CC(C)C)CCN2[C@@H](C)C(C)N1. The molecule has 2 aromatic rings. The lowest BCUT2D eigenvalue weighted by Crippen LogP contribution is -2.76. The van der Waals surface area contributed by atoms with Gasteiger partial charge in [0.25, 0.3) is 0 Å². The molecule has 536 valence electrons. The van der Waals surface area contributed by atoms with Crippen LogP contribution in [0.4, 0.5) is 22.0 Å². The van der Waals surface area contributed by atoms with Gasteiger partial charge in [0.1, 0.15) is 17.2 Å². The van der Waals surface area contributed by atoms with E-state index in [1.54, 1.807) is 6.21 Å². The Morgan fingerprint density at radius 1 is 0.823 bits per heavy atom. The molecular weight excluding hydrogens is 1220 g/mol. The Hall–Kier alpha value is -4.89. The number of alkyl halides is 3. The van der Waals surface area contributed by atoms with Crippen LogP contribution in [0.2, 0.25) is 0 Å². The zero-order valence-electron chi connectivity index (χ0n) is 60.4. The number of halogens is 5. The van der Waals surface area contributed by atoms with Crippen molar-refractivity contribution in [3.63, 3.8) is 0 Å². The predicted octanol–water partition coefficient (Wildman–Crippen LogP) is 12.7. The third kappa shape index (κ3) is 19.3. The number of aliphatic imine (C=N–C) groups is 1. The molecule has 2 aliphatic carbocycles. The Morgan fingerprint density at radius 3 is 2.18 bits per heavy atom. The van der Waals surface area contributed by atoms with E-state index in [2.05, 4.69) is 164 Å². The fourth-order valence-electron chi connectivity index (χ4n) is 17.3. The van der Waals surface area contributed by atoms with Crippen molar-refractivity contribution in [2.24, 2.45) is 34.6 Å². The Morgan fingerprint density at radius 2 is 1.52 bits per heavy atom. The molecule has 1 spiro atoms. The van der Waals surface area contributed by atoms with Crippen LogP contribution in [0.5, 0.6) is 0 Å². The quantitative estimate of drug-likeness (QED) is 0.113. The predicted molar refractivity (Wildman–Crippen MR) is 380 cm³/mol. The molecule has 9 rings (SSSR count). The van der Waals surface area contributed by atoms with E-state index in [9.17, 15) is 22.0 Å². The summed E-state index contributed by atoms with van der Waals surface area (Å²) in [6.07, 6.45) is 22.4. The number of nitrogens with one attached hydrogen (secondary N) is 6. The minimum Gasteiger partial charge on any atom is -0.377 e. The number of carbonyl (C=O) groups is 1. The molecule has 96 heavy (non-hydrogen) atoms. The molecule has 8 unspecified atom stereocenters. The average molecular weight is 1340 g/mol. The summed E-state index contributed by atoms with van der Waals surface area (Å²) in [5.74, 6) is -1.14. The molecular formula is C77H121F5N12O2. The van der Waals surface area contributed by atoms with E-state index < -0.39 is 23.4 Å². The summed E-state index contributed by atoms with van der Waals surface area (Å²) in [7, 11) is 2.00. The van der Waals surface area contributed by atoms with Gasteiger partial charge in [-0.05, 0) is 160 Å². The summed E-state index contributed by atoms with van der Waals surface area (Å²) in [6, 6.07) is 12.1. The zero-order chi connectivity index (χ0) is 68.8. The number of amides is 1. The minimum atomic E-state index is -5.16. The largest absolute Gasteiger partial charge is 0.422 e. The van der Waals surface area contributed by atoms with Crippen LogP contribution in [0.1, 0.15) is 181 Å². The maximum absolute atomic E-state index is 15.2. The van der Waals surface area contributed by atoms with Crippen LogP contribution < -0.4 is 31.9 Å². The number of aryl methyl sites for hydroxylation is 2. The topological polar surface area (TPSA) is 127 Å². The van der Waals surface area contributed by atoms with Gasteiger partial charge >= 0.3 is 6.18 Å². The van der Waals surface area contributed by atoms with E-state index in [4.69, 9.17) is 9.73 Å². The summed E-state index contributed by atoms with van der Waals surface area (Å²) in [6.45, 7) is 32.9. The molecule has 0 radical (unpaired) electrons. The second kappa shape index (κ2) is 34.9. The molecule has 5 heterocycles. The molecule has 6 N–H and O–H groups in total. The standard InChI is InChI=1S/C77H121F5N12O2/c1-13-53(6)69-44-85-43-54(7)87-45-70-72(75(95)94-64-27-28-65(94)49-96-48-64)58(11)93(70)74(61-19-15-16-20-61)56(9)89-76(31-17-18-32-76)50-84-35-34-83-33-29-63(26-25-60-41-67(78)73(68(79)42-60)77(80,81)82)86-36-38-90(12)46-66(40-59-23-21-52(5)22-24-59)91(14-2)47-71-62(39-51(3)4)30-37-92(71)57(10)55(8)88-69/h21-24,29,33,36,38,41-42,46-47,51,53-58,61-62,64-65,69-70,72,74,84-89H,13-20,25-28,30-32,34-35,37,39-40,43-45,48-50H2,1-12H3/t53-,54?,55?,56?,57-,58?,62?,64?,65?,69+,70?,72-,74+/m0/s1. The molecule has 7 aliphatic rings. The number of nitrogens with zero attached hydrogens (tertiary/aromatic N) is 6. The third-order valence-corrected chi connectivity index (χ3v) is 22.9. The van der Waals surface area contributed by atoms with Crippen molar-refractivity contribution in [2.45, 2.75) is 251 Å².